The van der Waals surface area contributed by atoms with Gasteiger partial charge in [0.25, 0.3) is 0 Å². The molecule has 4 aromatic rings. The second-order valence-electron chi connectivity index (χ2n) is 7.90. The third-order valence-electron chi connectivity index (χ3n) is 4.32. The first-order valence-electron chi connectivity index (χ1n) is 9.93. The molecule has 0 aliphatic rings. The van der Waals surface area contributed by atoms with E-state index >= 15 is 0 Å². The average molecular weight is 437 g/mol. The van der Waals surface area contributed by atoms with Gasteiger partial charge in [-0.25, -0.2) is 14.4 Å². The fraction of sp³-hybridized carbons (Fsp3) is 0.286. The number of carbonyl (C=O) groups is 1. The van der Waals surface area contributed by atoms with E-state index in [0.717, 1.165) is 11.2 Å². The molecule has 0 fully saturated rings. The molecule has 1 aromatic carbocycles. The van der Waals surface area contributed by atoms with Gasteiger partial charge in [0.2, 0.25) is 0 Å². The second-order valence-corrected chi connectivity index (χ2v) is 7.90. The smallest absolute Gasteiger partial charge is 0.407 e. The summed E-state index contributed by atoms with van der Waals surface area (Å²) in [5, 5.41) is 10.2. The number of nitrogens with two attached hydrogens (primary N) is 1. The Bertz CT molecular complexity index is 1230. The van der Waals surface area contributed by atoms with E-state index in [4.69, 9.17) is 19.8 Å². The summed E-state index contributed by atoms with van der Waals surface area (Å²) in [5.74, 6) is 1.28. The van der Waals surface area contributed by atoms with E-state index in [1.165, 1.54) is 0 Å². The van der Waals surface area contributed by atoms with Crippen LogP contribution in [0.4, 0.5) is 10.6 Å². The zero-order chi connectivity index (χ0) is 22.7. The standard InChI is InChI=1S/C21H23N7O4/c1-21(2,3)31-20(29)24-10-11-30-14-6-4-13(5-7-14)28-16-8-9-23-12-15(16)25-19(28)17-18(22)27-32-26-17/h4-9,12H,10-11H2,1-3H3,(H2,22,27)(H,24,29). The maximum Gasteiger partial charge on any atom is 0.407 e. The second kappa shape index (κ2) is 8.53. The molecular formula is C21H23N7O4. The highest BCUT2D eigenvalue weighted by Crippen LogP contribution is 2.30. The SMILES string of the molecule is CC(C)(C)OC(=O)NCCOc1ccc(-n2c(-c3nonc3N)nc3cnccc32)cc1. The molecule has 3 N–H and O–H groups in total. The average Bonchev–Trinajstić information content (AvgIpc) is 3.33. The Morgan fingerprint density at radius 1 is 1.19 bits per heavy atom. The number of alkyl carbamates (subject to hydrolysis) is 1. The van der Waals surface area contributed by atoms with Crippen molar-refractivity contribution in [3.05, 3.63) is 42.7 Å². The molecule has 11 heteroatoms. The third-order valence-corrected chi connectivity index (χ3v) is 4.32. The van der Waals surface area contributed by atoms with Crippen LogP contribution in [0, 0.1) is 0 Å². The fourth-order valence-corrected chi connectivity index (χ4v) is 3.03. The van der Waals surface area contributed by atoms with Crippen molar-refractivity contribution >= 4 is 22.9 Å². The highest BCUT2D eigenvalue weighted by molar-refractivity contribution is 5.83. The summed E-state index contributed by atoms with van der Waals surface area (Å²) in [7, 11) is 0. The summed E-state index contributed by atoms with van der Waals surface area (Å²) in [4.78, 5) is 20.4. The number of rotatable bonds is 6. The van der Waals surface area contributed by atoms with Crippen molar-refractivity contribution in [1.29, 1.82) is 0 Å². The van der Waals surface area contributed by atoms with Gasteiger partial charge in [-0.05, 0) is 61.4 Å². The minimum atomic E-state index is -0.542. The monoisotopic (exact) mass is 437 g/mol. The van der Waals surface area contributed by atoms with Gasteiger partial charge in [-0.1, -0.05) is 0 Å². The molecule has 4 rings (SSSR count). The van der Waals surface area contributed by atoms with Crippen molar-refractivity contribution < 1.29 is 18.9 Å². The molecule has 0 spiro atoms. The molecule has 3 heterocycles. The Balaban J connectivity index is 1.49. The number of aromatic nitrogens is 5. The molecule has 3 aromatic heterocycles. The Kier molecular flexibility index (Phi) is 5.63. The number of imidazole rings is 1. The molecular weight excluding hydrogens is 414 g/mol. The summed E-state index contributed by atoms with van der Waals surface area (Å²) in [6.07, 6.45) is 2.87. The minimum absolute atomic E-state index is 0.145. The minimum Gasteiger partial charge on any atom is -0.492 e. The van der Waals surface area contributed by atoms with E-state index in [1.807, 2.05) is 55.7 Å². The first-order chi connectivity index (χ1) is 15.3. The van der Waals surface area contributed by atoms with E-state index in [9.17, 15) is 4.79 Å². The Morgan fingerprint density at radius 3 is 2.66 bits per heavy atom. The van der Waals surface area contributed by atoms with Crippen LogP contribution in [-0.4, -0.2) is 49.7 Å². The maximum absolute atomic E-state index is 11.7. The van der Waals surface area contributed by atoms with Crippen molar-refractivity contribution in [2.24, 2.45) is 0 Å². The summed E-state index contributed by atoms with van der Waals surface area (Å²) in [6, 6.07) is 9.26. The van der Waals surface area contributed by atoms with Crippen LogP contribution in [0.25, 0.3) is 28.2 Å². The van der Waals surface area contributed by atoms with Crippen molar-refractivity contribution in [3.63, 3.8) is 0 Å². The van der Waals surface area contributed by atoms with E-state index in [0.29, 0.717) is 35.9 Å². The van der Waals surface area contributed by atoms with E-state index in [2.05, 4.69) is 25.6 Å². The normalized spacial score (nSPS) is 11.5. The zero-order valence-corrected chi connectivity index (χ0v) is 17.9. The summed E-state index contributed by atoms with van der Waals surface area (Å²) >= 11 is 0. The number of pyridine rings is 1. The number of nitrogens with one attached hydrogen (secondary N) is 1. The summed E-state index contributed by atoms with van der Waals surface area (Å²) in [6.45, 7) is 6.04. The number of hydrogen-bond acceptors (Lipinski definition) is 9. The van der Waals surface area contributed by atoms with Crippen molar-refractivity contribution in [2.75, 3.05) is 18.9 Å². The number of amides is 1. The van der Waals surface area contributed by atoms with Crippen LogP contribution < -0.4 is 15.8 Å². The van der Waals surface area contributed by atoms with E-state index in [-0.39, 0.29) is 5.82 Å². The number of anilines is 1. The fourth-order valence-electron chi connectivity index (χ4n) is 3.03. The number of hydrogen-bond donors (Lipinski definition) is 2. The quantitative estimate of drug-likeness (QED) is 0.435. The van der Waals surface area contributed by atoms with Crippen molar-refractivity contribution in [1.82, 2.24) is 30.2 Å². The van der Waals surface area contributed by atoms with Gasteiger partial charge in [0.1, 0.15) is 23.5 Å². The van der Waals surface area contributed by atoms with Gasteiger partial charge in [-0.15, -0.1) is 0 Å². The molecule has 11 nitrogen and oxygen atoms in total. The van der Waals surface area contributed by atoms with Gasteiger partial charge >= 0.3 is 6.09 Å². The maximum atomic E-state index is 11.7. The number of carbonyl (C=O) groups excluding carboxylic acids is 1. The first kappa shape index (κ1) is 21.1. The number of nitrogen functional groups attached to an aromatic ring is 1. The number of fused-ring (bicyclic) bond motifs is 1. The van der Waals surface area contributed by atoms with Crippen LogP contribution in [0.15, 0.2) is 47.4 Å². The first-order valence-corrected chi connectivity index (χ1v) is 9.93. The summed E-state index contributed by atoms with van der Waals surface area (Å²) in [5.41, 5.74) is 8.01. The van der Waals surface area contributed by atoms with Gasteiger partial charge in [-0.2, -0.15) is 0 Å². The van der Waals surface area contributed by atoms with Crippen LogP contribution in [-0.2, 0) is 4.74 Å². The van der Waals surface area contributed by atoms with Crippen LogP contribution in [0.3, 0.4) is 0 Å². The molecule has 0 bridgehead atoms. The lowest BCUT2D eigenvalue weighted by Crippen LogP contribution is -2.34. The highest BCUT2D eigenvalue weighted by atomic mass is 16.6. The lowest BCUT2D eigenvalue weighted by atomic mass is 10.2. The lowest BCUT2D eigenvalue weighted by Gasteiger charge is -2.19. The van der Waals surface area contributed by atoms with Gasteiger partial charge in [-0.3, -0.25) is 9.55 Å². The van der Waals surface area contributed by atoms with Crippen LogP contribution >= 0.6 is 0 Å². The van der Waals surface area contributed by atoms with Crippen molar-refractivity contribution in [2.45, 2.75) is 26.4 Å². The van der Waals surface area contributed by atoms with Gasteiger partial charge in [0.15, 0.2) is 17.3 Å². The number of benzene rings is 1. The third kappa shape index (κ3) is 4.61. The highest BCUT2D eigenvalue weighted by Gasteiger charge is 2.20. The molecule has 0 saturated heterocycles. The van der Waals surface area contributed by atoms with E-state index in [1.54, 1.807) is 12.4 Å². The van der Waals surface area contributed by atoms with Gasteiger partial charge < -0.3 is 20.5 Å². The lowest BCUT2D eigenvalue weighted by molar-refractivity contribution is 0.0520. The molecule has 32 heavy (non-hydrogen) atoms. The summed E-state index contributed by atoms with van der Waals surface area (Å²) < 4.78 is 17.5. The molecule has 0 atom stereocenters. The van der Waals surface area contributed by atoms with Crippen molar-refractivity contribution in [3.8, 4) is 23.0 Å². The predicted octanol–water partition coefficient (Wildman–Crippen LogP) is 2.96. The number of nitrogens with zero attached hydrogens (tertiary/aromatic N) is 5. The molecule has 166 valence electrons. The largest absolute Gasteiger partial charge is 0.492 e. The topological polar surface area (TPSA) is 143 Å². The molecule has 0 aliphatic heterocycles. The molecule has 0 radical (unpaired) electrons. The molecule has 0 saturated carbocycles. The van der Waals surface area contributed by atoms with Crippen LogP contribution in [0.2, 0.25) is 0 Å². The van der Waals surface area contributed by atoms with E-state index < -0.39 is 11.7 Å². The predicted molar refractivity (Wildman–Crippen MR) is 116 cm³/mol. The van der Waals surface area contributed by atoms with Crippen LogP contribution in [0.1, 0.15) is 20.8 Å². The Morgan fingerprint density at radius 2 is 1.97 bits per heavy atom. The Hall–Kier alpha value is -4.15. The molecule has 0 unspecified atom stereocenters. The zero-order valence-electron chi connectivity index (χ0n) is 17.9. The van der Waals surface area contributed by atoms with Crippen LogP contribution in [0.5, 0.6) is 5.75 Å². The molecule has 0 aliphatic carbocycles. The Labute approximate surface area is 183 Å². The van der Waals surface area contributed by atoms with Gasteiger partial charge in [0, 0.05) is 11.9 Å². The van der Waals surface area contributed by atoms with Gasteiger partial charge in [0.05, 0.1) is 18.3 Å². The number of ether oxygens (including phenoxy) is 2. The molecule has 1 amide bonds.